The van der Waals surface area contributed by atoms with Crippen LogP contribution in [-0.2, 0) is 9.59 Å². The molecule has 0 spiro atoms. The highest BCUT2D eigenvalue weighted by molar-refractivity contribution is 5.98. The maximum Gasteiger partial charge on any atom is 0.247 e. The van der Waals surface area contributed by atoms with Gasteiger partial charge in [-0.2, -0.15) is 0 Å². The molecule has 4 heteroatoms. The number of hydrogen-bond acceptors (Lipinski definition) is 2. The molecular formula is C23H32N2O2. The van der Waals surface area contributed by atoms with Crippen LogP contribution in [0.25, 0.3) is 0 Å². The first kappa shape index (κ1) is 18.5. The minimum Gasteiger partial charge on any atom is -0.344 e. The van der Waals surface area contributed by atoms with Crippen molar-refractivity contribution in [3.8, 4) is 0 Å². The molecule has 0 unspecified atom stereocenters. The van der Waals surface area contributed by atoms with Gasteiger partial charge in [0, 0.05) is 11.1 Å². The van der Waals surface area contributed by atoms with Gasteiger partial charge in [-0.1, -0.05) is 31.5 Å². The van der Waals surface area contributed by atoms with Crippen LogP contribution in [0.2, 0.25) is 0 Å². The Morgan fingerprint density at radius 2 is 1.48 bits per heavy atom. The Morgan fingerprint density at radius 1 is 0.963 bits per heavy atom. The molecular weight excluding hydrogens is 336 g/mol. The molecule has 4 saturated carbocycles. The second kappa shape index (κ2) is 6.96. The first-order valence-corrected chi connectivity index (χ1v) is 10.5. The molecule has 5 rings (SSSR count). The molecule has 2 N–H and O–H groups in total. The minimum absolute atomic E-state index is 0.0494. The monoisotopic (exact) mass is 368 g/mol. The Balaban J connectivity index is 1.46. The number of carbonyl (C=O) groups is 2. The van der Waals surface area contributed by atoms with Crippen molar-refractivity contribution in [2.45, 2.75) is 65.3 Å². The summed E-state index contributed by atoms with van der Waals surface area (Å²) in [5, 5.41) is 6.13. The molecule has 4 nitrogen and oxygen atoms in total. The van der Waals surface area contributed by atoms with Crippen LogP contribution < -0.4 is 10.6 Å². The zero-order valence-corrected chi connectivity index (χ0v) is 16.8. The first-order valence-electron chi connectivity index (χ1n) is 10.5. The summed E-state index contributed by atoms with van der Waals surface area (Å²) in [6, 6.07) is 7.28. The summed E-state index contributed by atoms with van der Waals surface area (Å²) in [4.78, 5) is 26.2. The van der Waals surface area contributed by atoms with Gasteiger partial charge in [0.05, 0.1) is 0 Å². The van der Waals surface area contributed by atoms with Gasteiger partial charge in [-0.05, 0) is 81.3 Å². The van der Waals surface area contributed by atoms with Crippen molar-refractivity contribution in [1.82, 2.24) is 5.32 Å². The normalized spacial score (nSPS) is 32.4. The zero-order valence-electron chi connectivity index (χ0n) is 16.8. The molecule has 0 radical (unpaired) electrons. The maximum absolute atomic E-state index is 13.3. The molecule has 4 aliphatic rings. The second-order valence-electron chi connectivity index (χ2n) is 9.75. The van der Waals surface area contributed by atoms with Crippen LogP contribution in [0.5, 0.6) is 0 Å². The van der Waals surface area contributed by atoms with Crippen molar-refractivity contribution in [1.29, 1.82) is 0 Å². The third-order valence-electron chi connectivity index (χ3n) is 7.07. The molecule has 146 valence electrons. The molecule has 1 aromatic rings. The molecule has 4 aliphatic carbocycles. The molecule has 0 aromatic heterocycles. The first-order chi connectivity index (χ1) is 12.8. The van der Waals surface area contributed by atoms with Crippen LogP contribution in [0, 0.1) is 36.0 Å². The van der Waals surface area contributed by atoms with Crippen LogP contribution in [-0.4, -0.2) is 17.9 Å². The fourth-order valence-corrected chi connectivity index (χ4v) is 6.07. The smallest absolute Gasteiger partial charge is 0.247 e. The average Bonchev–Trinajstić information content (AvgIpc) is 2.59. The molecule has 27 heavy (non-hydrogen) atoms. The Hall–Kier alpha value is -1.84. The van der Waals surface area contributed by atoms with Crippen molar-refractivity contribution >= 4 is 17.5 Å². The van der Waals surface area contributed by atoms with Crippen molar-refractivity contribution in [2.24, 2.45) is 29.1 Å². The Bertz CT molecular complexity index is 687. The van der Waals surface area contributed by atoms with E-state index in [0.717, 1.165) is 48.3 Å². The van der Waals surface area contributed by atoms with E-state index in [1.807, 2.05) is 45.0 Å². The van der Waals surface area contributed by atoms with E-state index in [4.69, 9.17) is 0 Å². The van der Waals surface area contributed by atoms with Gasteiger partial charge in [-0.25, -0.2) is 0 Å². The van der Waals surface area contributed by atoms with Gasteiger partial charge in [-0.3, -0.25) is 9.59 Å². The van der Waals surface area contributed by atoms with Gasteiger partial charge in [-0.15, -0.1) is 0 Å². The number of aryl methyl sites for hydroxylation is 1. The van der Waals surface area contributed by atoms with Gasteiger partial charge in [0.1, 0.15) is 6.04 Å². The summed E-state index contributed by atoms with van der Waals surface area (Å²) in [5.74, 6) is 2.22. The molecule has 1 aromatic carbocycles. The van der Waals surface area contributed by atoms with Crippen molar-refractivity contribution in [3.63, 3.8) is 0 Å². The maximum atomic E-state index is 13.3. The van der Waals surface area contributed by atoms with Crippen molar-refractivity contribution in [3.05, 3.63) is 29.8 Å². The van der Waals surface area contributed by atoms with Gasteiger partial charge in [0.2, 0.25) is 11.8 Å². The Labute approximate surface area is 162 Å². The highest BCUT2D eigenvalue weighted by atomic mass is 16.2. The number of hydrogen-bond donors (Lipinski definition) is 2. The summed E-state index contributed by atoms with van der Waals surface area (Å²) in [5.41, 5.74) is 1.72. The summed E-state index contributed by atoms with van der Waals surface area (Å²) in [7, 11) is 0. The van der Waals surface area contributed by atoms with Gasteiger partial charge in [0.25, 0.3) is 0 Å². The number of benzene rings is 1. The summed E-state index contributed by atoms with van der Waals surface area (Å²) in [6.45, 7) is 6.02. The van der Waals surface area contributed by atoms with Crippen LogP contribution in [0.15, 0.2) is 24.3 Å². The van der Waals surface area contributed by atoms with E-state index in [1.165, 1.54) is 19.3 Å². The third kappa shape index (κ3) is 3.63. The van der Waals surface area contributed by atoms with E-state index >= 15 is 0 Å². The van der Waals surface area contributed by atoms with E-state index in [9.17, 15) is 9.59 Å². The lowest BCUT2D eigenvalue weighted by Gasteiger charge is -2.55. The summed E-state index contributed by atoms with van der Waals surface area (Å²) in [6.07, 6.45) is 7.01. The van der Waals surface area contributed by atoms with Crippen molar-refractivity contribution < 1.29 is 9.59 Å². The number of anilines is 1. The van der Waals surface area contributed by atoms with E-state index in [1.54, 1.807) is 0 Å². The molecule has 2 amide bonds. The highest BCUT2D eigenvalue weighted by Gasteiger charge is 2.55. The predicted molar refractivity (Wildman–Crippen MR) is 107 cm³/mol. The zero-order chi connectivity index (χ0) is 19.2. The fourth-order valence-electron chi connectivity index (χ4n) is 6.07. The van der Waals surface area contributed by atoms with E-state index in [2.05, 4.69) is 10.6 Å². The molecule has 4 bridgehead atoms. The minimum atomic E-state index is -0.494. The molecule has 1 atom stereocenters. The summed E-state index contributed by atoms with van der Waals surface area (Å²) < 4.78 is 0. The predicted octanol–water partition coefficient (Wildman–Crippen LogP) is 4.29. The lowest BCUT2D eigenvalue weighted by molar-refractivity contribution is -0.148. The number of amides is 2. The van der Waals surface area contributed by atoms with Crippen molar-refractivity contribution in [2.75, 3.05) is 5.32 Å². The third-order valence-corrected chi connectivity index (χ3v) is 7.07. The van der Waals surface area contributed by atoms with Crippen LogP contribution in [0.4, 0.5) is 5.69 Å². The van der Waals surface area contributed by atoms with Crippen LogP contribution >= 0.6 is 0 Å². The number of carbonyl (C=O) groups excluding carboxylic acids is 2. The molecule has 0 aliphatic heterocycles. The Morgan fingerprint density at radius 3 is 1.96 bits per heavy atom. The largest absolute Gasteiger partial charge is 0.344 e. The van der Waals surface area contributed by atoms with E-state index < -0.39 is 6.04 Å². The summed E-state index contributed by atoms with van der Waals surface area (Å²) >= 11 is 0. The topological polar surface area (TPSA) is 58.2 Å². The van der Waals surface area contributed by atoms with Crippen LogP contribution in [0.3, 0.4) is 0 Å². The fraction of sp³-hybridized carbons (Fsp3) is 0.652. The average molecular weight is 369 g/mol. The SMILES string of the molecule is Cc1ccc(NC(=O)[C@@H](NC(=O)C23CC4CC(CC(C4)C2)C3)C(C)C)cc1. The van der Waals surface area contributed by atoms with E-state index in [-0.39, 0.29) is 23.1 Å². The van der Waals surface area contributed by atoms with E-state index in [0.29, 0.717) is 0 Å². The van der Waals surface area contributed by atoms with Gasteiger partial charge < -0.3 is 10.6 Å². The quantitative estimate of drug-likeness (QED) is 0.814. The lowest BCUT2D eigenvalue weighted by atomic mass is 9.49. The van der Waals surface area contributed by atoms with Crippen LogP contribution in [0.1, 0.15) is 57.9 Å². The standard InChI is InChI=1S/C23H32N2O2/c1-14(2)20(21(26)24-19-6-4-15(3)5-7-19)25-22(27)23-11-16-8-17(12-23)10-18(9-16)13-23/h4-7,14,16-18,20H,8-13H2,1-3H3,(H,24,26)(H,25,27)/t16?,17?,18?,20-,23?/m0/s1. The number of rotatable bonds is 5. The second-order valence-corrected chi connectivity index (χ2v) is 9.75. The molecule has 0 heterocycles. The van der Waals surface area contributed by atoms with Gasteiger partial charge in [0.15, 0.2) is 0 Å². The van der Waals surface area contributed by atoms with Gasteiger partial charge >= 0.3 is 0 Å². The molecule has 0 saturated heterocycles. The highest BCUT2D eigenvalue weighted by Crippen LogP contribution is 2.60. The molecule has 4 fully saturated rings. The Kier molecular flexibility index (Phi) is 4.77. The number of nitrogens with one attached hydrogen (secondary N) is 2. The lowest BCUT2D eigenvalue weighted by Crippen LogP contribution is -2.57.